The van der Waals surface area contributed by atoms with Gasteiger partial charge in [0.15, 0.2) is 6.10 Å². The highest BCUT2D eigenvalue weighted by molar-refractivity contribution is 5.75. The van der Waals surface area contributed by atoms with E-state index in [4.69, 9.17) is 26.4 Å². The summed E-state index contributed by atoms with van der Waals surface area (Å²) in [5.74, 6) is -2.40. The number of carbonyl (C=O) groups is 2. The van der Waals surface area contributed by atoms with Crippen molar-refractivity contribution in [1.82, 2.24) is 0 Å². The van der Waals surface area contributed by atoms with E-state index < -0.39 is 24.6 Å². The van der Waals surface area contributed by atoms with E-state index in [1.165, 1.54) is 64.2 Å². The first-order valence-electron chi connectivity index (χ1n) is 10.5. The van der Waals surface area contributed by atoms with Crippen molar-refractivity contribution < 1.29 is 24.5 Å². The number of ether oxygens (including phenoxy) is 1. The summed E-state index contributed by atoms with van der Waals surface area (Å²) in [5, 5.41) is 17.2. The lowest BCUT2D eigenvalue weighted by atomic mass is 9.97. The number of carboxylic acids is 2. The van der Waals surface area contributed by atoms with Crippen LogP contribution in [-0.4, -0.2) is 40.8 Å². The Morgan fingerprint density at radius 2 is 1.31 bits per heavy atom. The van der Waals surface area contributed by atoms with Gasteiger partial charge in [-0.1, -0.05) is 68.9 Å². The van der Waals surface area contributed by atoms with Gasteiger partial charge in [-0.25, -0.2) is 9.59 Å². The highest BCUT2D eigenvalue weighted by Gasteiger charge is 2.21. The lowest BCUT2D eigenvalue weighted by molar-refractivity contribution is -0.156. The lowest BCUT2D eigenvalue weighted by Gasteiger charge is -2.15. The normalized spacial score (nSPS) is 18.4. The molecule has 1 aromatic carbocycles. The molecule has 2 aliphatic rings. The van der Waals surface area contributed by atoms with E-state index in [1.54, 1.807) is 30.3 Å². The van der Waals surface area contributed by atoms with Crippen LogP contribution in [0.4, 0.5) is 0 Å². The van der Waals surface area contributed by atoms with Gasteiger partial charge in [0.1, 0.15) is 6.61 Å². The fourth-order valence-electron chi connectivity index (χ4n) is 3.36. The summed E-state index contributed by atoms with van der Waals surface area (Å²) in [4.78, 5) is 21.0. The van der Waals surface area contributed by atoms with Crippen LogP contribution in [0, 0.1) is 0 Å². The number of rotatable bonds is 5. The molecule has 7 heteroatoms. The van der Waals surface area contributed by atoms with E-state index in [2.05, 4.69) is 0 Å². The summed E-state index contributed by atoms with van der Waals surface area (Å²) in [6.45, 7) is -0.633. The largest absolute Gasteiger partial charge is 0.480 e. The summed E-state index contributed by atoms with van der Waals surface area (Å²) in [6.07, 6.45) is 12.1. The minimum atomic E-state index is -1.23. The van der Waals surface area contributed by atoms with E-state index in [1.807, 2.05) is 0 Å². The van der Waals surface area contributed by atoms with Crippen molar-refractivity contribution in [3.05, 3.63) is 35.9 Å². The van der Waals surface area contributed by atoms with Gasteiger partial charge in [0, 0.05) is 12.1 Å². The molecular formula is C22H36N2O5. The molecule has 0 spiro atoms. The van der Waals surface area contributed by atoms with Gasteiger partial charge in [-0.15, -0.1) is 0 Å². The van der Waals surface area contributed by atoms with Crippen molar-refractivity contribution in [2.45, 2.75) is 82.4 Å². The zero-order valence-electron chi connectivity index (χ0n) is 17.2. The predicted molar refractivity (Wildman–Crippen MR) is 113 cm³/mol. The molecule has 0 bridgehead atoms. The van der Waals surface area contributed by atoms with Crippen molar-refractivity contribution >= 4 is 11.9 Å². The number of carboxylic acid groups (broad SMARTS) is 2. The van der Waals surface area contributed by atoms with Crippen molar-refractivity contribution in [2.75, 3.05) is 6.61 Å². The molecule has 29 heavy (non-hydrogen) atoms. The highest BCUT2D eigenvalue weighted by Crippen LogP contribution is 2.17. The maximum Gasteiger partial charge on any atom is 0.337 e. The number of nitrogens with two attached hydrogens (primary N) is 2. The Hall–Kier alpha value is -1.96. The average molecular weight is 409 g/mol. The smallest absolute Gasteiger partial charge is 0.337 e. The molecule has 164 valence electrons. The lowest BCUT2D eigenvalue weighted by Crippen LogP contribution is -2.22. The minimum absolute atomic E-state index is 0.422. The molecule has 2 saturated carbocycles. The Morgan fingerprint density at radius 3 is 1.62 bits per heavy atom. The van der Waals surface area contributed by atoms with E-state index in [-0.39, 0.29) is 0 Å². The first-order chi connectivity index (χ1) is 13.9. The van der Waals surface area contributed by atoms with Crippen molar-refractivity contribution in [3.8, 4) is 0 Å². The highest BCUT2D eigenvalue weighted by atomic mass is 16.5. The zero-order valence-corrected chi connectivity index (χ0v) is 17.2. The average Bonchev–Trinajstić information content (AvgIpc) is 2.71. The molecule has 0 amide bonds. The van der Waals surface area contributed by atoms with Crippen LogP contribution < -0.4 is 11.5 Å². The standard InChI is InChI=1S/C10H10O5.2C6H13N/c11-8(12)6-15-9(10(13)14)7-4-2-1-3-5-7;2*7-6-4-2-1-3-5-6/h1-5,9H,6H2,(H,11,12)(H,13,14);2*6H,1-5,7H2. The summed E-state index contributed by atoms with van der Waals surface area (Å²) < 4.78 is 4.75. The molecule has 0 saturated heterocycles. The molecule has 0 aromatic heterocycles. The van der Waals surface area contributed by atoms with Gasteiger partial charge in [-0.05, 0) is 31.2 Å². The van der Waals surface area contributed by atoms with Crippen molar-refractivity contribution in [1.29, 1.82) is 0 Å². The van der Waals surface area contributed by atoms with E-state index in [0.717, 1.165) is 0 Å². The molecule has 2 fully saturated rings. The maximum atomic E-state index is 10.8. The first kappa shape index (κ1) is 25.1. The number of hydrogen-bond donors (Lipinski definition) is 4. The van der Waals surface area contributed by atoms with E-state index in [9.17, 15) is 9.59 Å². The fraction of sp³-hybridized carbons (Fsp3) is 0.636. The van der Waals surface area contributed by atoms with Crippen LogP contribution >= 0.6 is 0 Å². The van der Waals surface area contributed by atoms with Gasteiger partial charge in [0.05, 0.1) is 0 Å². The van der Waals surface area contributed by atoms with Crippen molar-refractivity contribution in [3.63, 3.8) is 0 Å². The molecule has 0 aliphatic heterocycles. The Morgan fingerprint density at radius 1 is 0.862 bits per heavy atom. The predicted octanol–water partition coefficient (Wildman–Crippen LogP) is 3.47. The zero-order chi connectivity index (χ0) is 21.5. The van der Waals surface area contributed by atoms with Crippen LogP contribution in [0.15, 0.2) is 30.3 Å². The van der Waals surface area contributed by atoms with Crippen LogP contribution in [0.5, 0.6) is 0 Å². The van der Waals surface area contributed by atoms with Crippen LogP contribution in [0.3, 0.4) is 0 Å². The summed E-state index contributed by atoms with van der Waals surface area (Å²) in [6, 6.07) is 9.27. The molecule has 1 unspecified atom stereocenters. The Bertz CT molecular complexity index is 554. The summed E-state index contributed by atoms with van der Waals surface area (Å²) in [7, 11) is 0. The Labute approximate surface area is 173 Å². The second-order valence-electron chi connectivity index (χ2n) is 7.63. The van der Waals surface area contributed by atoms with Gasteiger partial charge < -0.3 is 26.4 Å². The molecule has 0 heterocycles. The quantitative estimate of drug-likeness (QED) is 0.585. The van der Waals surface area contributed by atoms with Gasteiger partial charge >= 0.3 is 11.9 Å². The topological polar surface area (TPSA) is 136 Å². The summed E-state index contributed by atoms with van der Waals surface area (Å²) in [5.41, 5.74) is 11.7. The molecule has 2 aliphatic carbocycles. The summed E-state index contributed by atoms with van der Waals surface area (Å²) >= 11 is 0. The van der Waals surface area contributed by atoms with Gasteiger partial charge in [-0.2, -0.15) is 0 Å². The third-order valence-electron chi connectivity index (χ3n) is 5.00. The maximum absolute atomic E-state index is 10.8. The number of benzene rings is 1. The van der Waals surface area contributed by atoms with Crippen LogP contribution in [0.2, 0.25) is 0 Å². The third-order valence-corrected chi connectivity index (χ3v) is 5.00. The molecule has 0 radical (unpaired) electrons. The number of aliphatic carboxylic acids is 2. The molecule has 1 aromatic rings. The van der Waals surface area contributed by atoms with E-state index >= 15 is 0 Å². The first-order valence-corrected chi connectivity index (χ1v) is 10.5. The Kier molecular flexibility index (Phi) is 12.9. The number of hydrogen-bond acceptors (Lipinski definition) is 5. The van der Waals surface area contributed by atoms with Crippen LogP contribution in [0.25, 0.3) is 0 Å². The molecular weight excluding hydrogens is 372 g/mol. The molecule has 1 atom stereocenters. The molecule has 7 nitrogen and oxygen atoms in total. The van der Waals surface area contributed by atoms with Gasteiger partial charge in [0.25, 0.3) is 0 Å². The Balaban J connectivity index is 0.000000248. The van der Waals surface area contributed by atoms with Crippen LogP contribution in [-0.2, 0) is 14.3 Å². The second-order valence-corrected chi connectivity index (χ2v) is 7.63. The second kappa shape index (κ2) is 15.0. The van der Waals surface area contributed by atoms with Gasteiger partial charge in [0.2, 0.25) is 0 Å². The van der Waals surface area contributed by atoms with Gasteiger partial charge in [-0.3, -0.25) is 0 Å². The fourth-order valence-corrected chi connectivity index (χ4v) is 3.36. The van der Waals surface area contributed by atoms with Crippen molar-refractivity contribution in [2.24, 2.45) is 11.5 Å². The monoisotopic (exact) mass is 408 g/mol. The SMILES string of the molecule is NC1CCCCC1.NC1CCCCC1.O=C(O)COC(C(=O)O)c1ccccc1. The third kappa shape index (κ3) is 12.3. The van der Waals surface area contributed by atoms with Crippen LogP contribution in [0.1, 0.15) is 75.9 Å². The van der Waals surface area contributed by atoms with E-state index in [0.29, 0.717) is 17.6 Å². The molecule has 3 rings (SSSR count). The minimum Gasteiger partial charge on any atom is -0.480 e. The molecule has 6 N–H and O–H groups in total.